The third-order valence-corrected chi connectivity index (χ3v) is 3.82. The van der Waals surface area contributed by atoms with Crippen molar-refractivity contribution in [1.29, 1.82) is 0 Å². The second kappa shape index (κ2) is 6.75. The largest absolute Gasteiger partial charge is 0.481 e. The summed E-state index contributed by atoms with van der Waals surface area (Å²) in [6, 6.07) is 0.0207. The van der Waals surface area contributed by atoms with Gasteiger partial charge in [0.15, 0.2) is 0 Å². The van der Waals surface area contributed by atoms with Gasteiger partial charge in [0.1, 0.15) is 0 Å². The van der Waals surface area contributed by atoms with Crippen LogP contribution in [0, 0.1) is 0 Å². The number of piperazine rings is 1. The number of amides is 2. The third-order valence-electron chi connectivity index (χ3n) is 3.82. The van der Waals surface area contributed by atoms with E-state index in [1.54, 1.807) is 11.8 Å². The molecule has 19 heavy (non-hydrogen) atoms. The molecule has 0 aliphatic carbocycles. The Bertz CT molecular complexity index is 335. The third kappa shape index (κ3) is 4.09. The maximum atomic E-state index is 12.4. The maximum Gasteiger partial charge on any atom is 0.320 e. The van der Waals surface area contributed by atoms with E-state index >= 15 is 0 Å². The van der Waals surface area contributed by atoms with E-state index in [0.717, 1.165) is 6.54 Å². The number of carbonyl (C=O) groups excluding carboxylic acids is 1. The van der Waals surface area contributed by atoms with Gasteiger partial charge >= 0.3 is 12.0 Å². The Kier molecular flexibility index (Phi) is 5.60. The summed E-state index contributed by atoms with van der Waals surface area (Å²) >= 11 is 0. The Morgan fingerprint density at radius 1 is 1.42 bits per heavy atom. The van der Waals surface area contributed by atoms with Crippen molar-refractivity contribution in [3.05, 3.63) is 0 Å². The van der Waals surface area contributed by atoms with Gasteiger partial charge in [-0.15, -0.1) is 0 Å². The maximum absolute atomic E-state index is 12.4. The fourth-order valence-corrected chi connectivity index (χ4v) is 2.40. The van der Waals surface area contributed by atoms with Crippen molar-refractivity contribution in [2.75, 3.05) is 33.2 Å². The molecule has 2 atom stereocenters. The fourth-order valence-electron chi connectivity index (χ4n) is 2.40. The minimum atomic E-state index is -0.870. The molecular weight excluding hydrogens is 246 g/mol. The average molecular weight is 271 g/mol. The van der Waals surface area contributed by atoms with E-state index in [2.05, 4.69) is 18.9 Å². The number of carboxylic acids is 1. The smallest absolute Gasteiger partial charge is 0.320 e. The lowest BCUT2D eigenvalue weighted by Crippen LogP contribution is -2.56. The van der Waals surface area contributed by atoms with Gasteiger partial charge in [0.05, 0.1) is 6.42 Å². The molecule has 0 spiro atoms. The molecule has 0 bridgehead atoms. The molecule has 2 amide bonds. The van der Waals surface area contributed by atoms with E-state index in [0.29, 0.717) is 25.7 Å². The Morgan fingerprint density at radius 2 is 2.05 bits per heavy atom. The van der Waals surface area contributed by atoms with Gasteiger partial charge in [-0.2, -0.15) is 0 Å². The highest BCUT2D eigenvalue weighted by atomic mass is 16.4. The molecule has 0 radical (unpaired) electrons. The number of urea groups is 1. The number of hydrogen-bond acceptors (Lipinski definition) is 3. The molecule has 1 heterocycles. The van der Waals surface area contributed by atoms with Crippen LogP contribution in [0.4, 0.5) is 4.79 Å². The molecule has 6 heteroatoms. The van der Waals surface area contributed by atoms with Crippen LogP contribution in [0.3, 0.4) is 0 Å². The second-order valence-electron chi connectivity index (χ2n) is 5.29. The van der Waals surface area contributed by atoms with Crippen molar-refractivity contribution in [1.82, 2.24) is 14.7 Å². The first-order chi connectivity index (χ1) is 8.86. The Labute approximate surface area is 115 Å². The van der Waals surface area contributed by atoms with E-state index < -0.39 is 5.97 Å². The van der Waals surface area contributed by atoms with Gasteiger partial charge in [-0.3, -0.25) is 4.79 Å². The predicted molar refractivity (Wildman–Crippen MR) is 73.2 cm³/mol. The van der Waals surface area contributed by atoms with Crippen molar-refractivity contribution in [3.8, 4) is 0 Å². The summed E-state index contributed by atoms with van der Waals surface area (Å²) in [5.74, 6) is -0.870. The van der Waals surface area contributed by atoms with Gasteiger partial charge in [-0.05, 0) is 27.8 Å². The van der Waals surface area contributed by atoms with Crippen LogP contribution in [0.25, 0.3) is 0 Å². The average Bonchev–Trinajstić information content (AvgIpc) is 2.32. The topological polar surface area (TPSA) is 64.1 Å². The van der Waals surface area contributed by atoms with Crippen molar-refractivity contribution in [2.24, 2.45) is 0 Å². The van der Waals surface area contributed by atoms with E-state index in [1.807, 2.05) is 11.8 Å². The Morgan fingerprint density at radius 3 is 2.53 bits per heavy atom. The summed E-state index contributed by atoms with van der Waals surface area (Å²) in [7, 11) is 2.05. The van der Waals surface area contributed by atoms with Gasteiger partial charge in [0.2, 0.25) is 0 Å². The SMILES string of the molecule is CCN(C(=O)N1CCN(C)C(C)C1)C(C)CC(=O)O. The molecule has 1 rings (SSSR count). The van der Waals surface area contributed by atoms with E-state index in [1.165, 1.54) is 0 Å². The highest BCUT2D eigenvalue weighted by molar-refractivity contribution is 5.76. The fraction of sp³-hybridized carbons (Fsp3) is 0.846. The first kappa shape index (κ1) is 15.8. The van der Waals surface area contributed by atoms with Crippen molar-refractivity contribution in [2.45, 2.75) is 39.3 Å². The molecule has 0 aromatic heterocycles. The quantitative estimate of drug-likeness (QED) is 0.826. The molecule has 1 aliphatic rings. The Hall–Kier alpha value is -1.30. The molecule has 6 nitrogen and oxygen atoms in total. The number of nitrogens with zero attached hydrogens (tertiary/aromatic N) is 3. The zero-order chi connectivity index (χ0) is 14.6. The van der Waals surface area contributed by atoms with Gasteiger partial charge in [0.25, 0.3) is 0 Å². The lowest BCUT2D eigenvalue weighted by atomic mass is 10.2. The standard InChI is InChI=1S/C13H25N3O3/c1-5-16(10(2)8-12(17)18)13(19)15-7-6-14(4)11(3)9-15/h10-11H,5-9H2,1-4H3,(H,17,18). The first-order valence-corrected chi connectivity index (χ1v) is 6.84. The number of carbonyl (C=O) groups is 2. The number of aliphatic carboxylic acids is 1. The van der Waals surface area contributed by atoms with Crippen molar-refractivity contribution < 1.29 is 14.7 Å². The van der Waals surface area contributed by atoms with Crippen molar-refractivity contribution in [3.63, 3.8) is 0 Å². The number of hydrogen-bond donors (Lipinski definition) is 1. The van der Waals surface area contributed by atoms with E-state index in [4.69, 9.17) is 5.11 Å². The van der Waals surface area contributed by atoms with Crippen LogP contribution >= 0.6 is 0 Å². The van der Waals surface area contributed by atoms with Crippen LogP contribution in [0.1, 0.15) is 27.2 Å². The summed E-state index contributed by atoms with van der Waals surface area (Å²) in [6.45, 7) is 8.56. The van der Waals surface area contributed by atoms with Crippen LogP contribution in [-0.2, 0) is 4.79 Å². The van der Waals surface area contributed by atoms with Gasteiger partial charge < -0.3 is 19.8 Å². The molecule has 1 N–H and O–H groups in total. The zero-order valence-corrected chi connectivity index (χ0v) is 12.3. The highest BCUT2D eigenvalue weighted by Crippen LogP contribution is 2.13. The molecule has 0 aromatic rings. The summed E-state index contributed by atoms with van der Waals surface area (Å²) in [4.78, 5) is 28.9. The molecule has 2 unspecified atom stereocenters. The molecule has 110 valence electrons. The summed E-state index contributed by atoms with van der Waals surface area (Å²) in [6.07, 6.45) is -0.0110. The molecular formula is C13H25N3O3. The van der Waals surface area contributed by atoms with Crippen LogP contribution < -0.4 is 0 Å². The van der Waals surface area contributed by atoms with Crippen molar-refractivity contribution >= 4 is 12.0 Å². The minimum Gasteiger partial charge on any atom is -0.481 e. The van der Waals surface area contributed by atoms with E-state index in [-0.39, 0.29) is 18.5 Å². The number of carboxylic acid groups (broad SMARTS) is 1. The second-order valence-corrected chi connectivity index (χ2v) is 5.29. The molecule has 1 fully saturated rings. The molecule has 0 saturated carbocycles. The zero-order valence-electron chi connectivity index (χ0n) is 12.3. The van der Waals surface area contributed by atoms with Crippen LogP contribution in [0.15, 0.2) is 0 Å². The van der Waals surface area contributed by atoms with Crippen LogP contribution in [-0.4, -0.2) is 77.1 Å². The highest BCUT2D eigenvalue weighted by Gasteiger charge is 2.29. The Balaban J connectivity index is 2.65. The predicted octanol–water partition coefficient (Wildman–Crippen LogP) is 0.927. The van der Waals surface area contributed by atoms with E-state index in [9.17, 15) is 9.59 Å². The summed E-state index contributed by atoms with van der Waals surface area (Å²) in [5, 5.41) is 8.84. The van der Waals surface area contributed by atoms with Gasteiger partial charge in [-0.25, -0.2) is 4.79 Å². The molecule has 0 aromatic carbocycles. The lowest BCUT2D eigenvalue weighted by molar-refractivity contribution is -0.138. The number of rotatable bonds is 4. The van der Waals surface area contributed by atoms with Crippen LogP contribution in [0.2, 0.25) is 0 Å². The molecule has 1 saturated heterocycles. The summed E-state index contributed by atoms with van der Waals surface area (Å²) < 4.78 is 0. The normalized spacial score (nSPS) is 22.1. The monoisotopic (exact) mass is 271 g/mol. The number of likely N-dealkylation sites (N-methyl/N-ethyl adjacent to an activating group) is 1. The minimum absolute atomic E-state index is 0.0110. The lowest BCUT2D eigenvalue weighted by Gasteiger charge is -2.41. The molecule has 1 aliphatic heterocycles. The first-order valence-electron chi connectivity index (χ1n) is 6.84. The van der Waals surface area contributed by atoms with Crippen LogP contribution in [0.5, 0.6) is 0 Å². The summed E-state index contributed by atoms with van der Waals surface area (Å²) in [5.41, 5.74) is 0. The van der Waals surface area contributed by atoms with Gasteiger partial charge in [-0.1, -0.05) is 0 Å². The van der Waals surface area contributed by atoms with Gasteiger partial charge in [0, 0.05) is 38.3 Å².